The van der Waals surface area contributed by atoms with Crippen LogP contribution in [-0.2, 0) is 19.6 Å². The highest BCUT2D eigenvalue weighted by atomic mass is 32.2. The number of anilines is 1. The monoisotopic (exact) mass is 411 g/mol. The SMILES string of the molecule is CCN(CC)S(=O)(=O)c1cc(NC(=O)[C@H](C)N2C[C@H](C)O[C@@H](C)C2)ccc1C. The van der Waals surface area contributed by atoms with E-state index in [1.807, 2.05) is 34.6 Å². The average molecular weight is 412 g/mol. The minimum atomic E-state index is -3.59. The second kappa shape index (κ2) is 9.35. The molecule has 8 heteroatoms. The lowest BCUT2D eigenvalue weighted by Gasteiger charge is -2.38. The van der Waals surface area contributed by atoms with Crippen LogP contribution in [0.3, 0.4) is 0 Å². The number of hydrogen-bond donors (Lipinski definition) is 1. The fraction of sp³-hybridized carbons (Fsp3) is 0.650. The van der Waals surface area contributed by atoms with Crippen LogP contribution in [0.25, 0.3) is 0 Å². The lowest BCUT2D eigenvalue weighted by molar-refractivity contribution is -0.126. The zero-order valence-corrected chi connectivity index (χ0v) is 18.5. The summed E-state index contributed by atoms with van der Waals surface area (Å²) in [6, 6.07) is 4.69. The zero-order valence-electron chi connectivity index (χ0n) is 17.7. The number of hydrogen-bond acceptors (Lipinski definition) is 5. The standard InChI is InChI=1S/C20H33N3O4S/c1-7-23(8-2)28(25,26)19-11-18(10-9-14(19)3)21-20(24)17(6)22-12-15(4)27-16(5)13-22/h9-11,15-17H,7-8,12-13H2,1-6H3,(H,21,24)/t15-,16-,17-/m0/s1. The first-order valence-corrected chi connectivity index (χ1v) is 11.3. The summed E-state index contributed by atoms with van der Waals surface area (Å²) >= 11 is 0. The highest BCUT2D eigenvalue weighted by Crippen LogP contribution is 2.24. The van der Waals surface area contributed by atoms with Gasteiger partial charge in [0.15, 0.2) is 0 Å². The van der Waals surface area contributed by atoms with Crippen LogP contribution in [-0.4, -0.2) is 68.0 Å². The van der Waals surface area contributed by atoms with E-state index < -0.39 is 10.0 Å². The van der Waals surface area contributed by atoms with E-state index in [1.165, 1.54) is 4.31 Å². The van der Waals surface area contributed by atoms with E-state index in [2.05, 4.69) is 10.2 Å². The molecule has 1 aromatic rings. The number of morpholine rings is 1. The van der Waals surface area contributed by atoms with Gasteiger partial charge in [0.05, 0.1) is 23.1 Å². The second-order valence-electron chi connectivity index (χ2n) is 7.45. The lowest BCUT2D eigenvalue weighted by Crippen LogP contribution is -2.52. The number of nitrogens with one attached hydrogen (secondary N) is 1. The largest absolute Gasteiger partial charge is 0.373 e. The minimum absolute atomic E-state index is 0.0733. The fourth-order valence-electron chi connectivity index (χ4n) is 3.60. The molecule has 0 unspecified atom stereocenters. The Balaban J connectivity index is 2.19. The Morgan fingerprint density at radius 1 is 1.25 bits per heavy atom. The molecule has 1 saturated heterocycles. The molecule has 7 nitrogen and oxygen atoms in total. The van der Waals surface area contributed by atoms with E-state index >= 15 is 0 Å². The molecule has 28 heavy (non-hydrogen) atoms. The molecule has 0 saturated carbocycles. The van der Waals surface area contributed by atoms with E-state index in [0.717, 1.165) is 0 Å². The highest BCUT2D eigenvalue weighted by Gasteiger charge is 2.30. The Morgan fingerprint density at radius 3 is 2.36 bits per heavy atom. The molecule has 0 aliphatic carbocycles. The summed E-state index contributed by atoms with van der Waals surface area (Å²) in [6.45, 7) is 13.4. The van der Waals surface area contributed by atoms with Crippen LogP contribution in [0, 0.1) is 6.92 Å². The van der Waals surface area contributed by atoms with Crippen molar-refractivity contribution < 1.29 is 17.9 Å². The first-order valence-electron chi connectivity index (χ1n) is 9.91. The number of carbonyl (C=O) groups is 1. The third kappa shape index (κ3) is 5.11. The Hall–Kier alpha value is -1.48. The Labute approximate surface area is 169 Å². The van der Waals surface area contributed by atoms with Gasteiger partial charge in [-0.1, -0.05) is 19.9 Å². The molecule has 2 rings (SSSR count). The van der Waals surface area contributed by atoms with Gasteiger partial charge in [-0.05, 0) is 45.4 Å². The molecule has 1 aliphatic rings. The average Bonchev–Trinajstić information content (AvgIpc) is 2.62. The van der Waals surface area contributed by atoms with Crippen LogP contribution >= 0.6 is 0 Å². The summed E-state index contributed by atoms with van der Waals surface area (Å²) in [7, 11) is -3.59. The van der Waals surface area contributed by atoms with Gasteiger partial charge in [-0.2, -0.15) is 4.31 Å². The van der Waals surface area contributed by atoms with Gasteiger partial charge in [-0.15, -0.1) is 0 Å². The van der Waals surface area contributed by atoms with Crippen molar-refractivity contribution in [2.75, 3.05) is 31.5 Å². The van der Waals surface area contributed by atoms with Gasteiger partial charge in [-0.25, -0.2) is 8.42 Å². The van der Waals surface area contributed by atoms with Crippen LogP contribution in [0.15, 0.2) is 23.1 Å². The van der Waals surface area contributed by atoms with E-state index in [1.54, 1.807) is 25.1 Å². The van der Waals surface area contributed by atoms with E-state index in [-0.39, 0.29) is 29.1 Å². The van der Waals surface area contributed by atoms with Gasteiger partial charge in [0.1, 0.15) is 0 Å². The third-order valence-electron chi connectivity index (χ3n) is 5.15. The second-order valence-corrected chi connectivity index (χ2v) is 9.35. The topological polar surface area (TPSA) is 79.0 Å². The van der Waals surface area contributed by atoms with Crippen LogP contribution in [0.1, 0.15) is 40.2 Å². The molecular formula is C20H33N3O4S. The quantitative estimate of drug-likeness (QED) is 0.746. The Kier molecular flexibility index (Phi) is 7.61. The van der Waals surface area contributed by atoms with Crippen molar-refractivity contribution in [1.29, 1.82) is 0 Å². The van der Waals surface area contributed by atoms with Gasteiger partial charge < -0.3 is 10.1 Å². The predicted molar refractivity (Wildman–Crippen MR) is 111 cm³/mol. The van der Waals surface area contributed by atoms with Gasteiger partial charge >= 0.3 is 0 Å². The molecule has 1 aromatic carbocycles. The molecule has 3 atom stereocenters. The van der Waals surface area contributed by atoms with Crippen molar-refractivity contribution in [1.82, 2.24) is 9.21 Å². The minimum Gasteiger partial charge on any atom is -0.373 e. The Morgan fingerprint density at radius 2 is 1.82 bits per heavy atom. The third-order valence-corrected chi connectivity index (χ3v) is 7.35. The molecule has 1 fully saturated rings. The van der Waals surface area contributed by atoms with Crippen LogP contribution in [0.2, 0.25) is 0 Å². The summed E-state index contributed by atoms with van der Waals surface area (Å²) in [5.41, 5.74) is 1.15. The highest BCUT2D eigenvalue weighted by molar-refractivity contribution is 7.89. The molecule has 0 aromatic heterocycles. The molecule has 0 radical (unpaired) electrons. The van der Waals surface area contributed by atoms with Crippen molar-refractivity contribution in [2.24, 2.45) is 0 Å². The van der Waals surface area contributed by atoms with Crippen molar-refractivity contribution in [3.63, 3.8) is 0 Å². The number of benzene rings is 1. The first kappa shape index (κ1) is 22.8. The predicted octanol–water partition coefficient (Wildman–Crippen LogP) is 2.46. The number of amides is 1. The van der Waals surface area contributed by atoms with Gasteiger partial charge in [0.25, 0.3) is 0 Å². The summed E-state index contributed by atoms with van der Waals surface area (Å²) in [5.74, 6) is -0.156. The lowest BCUT2D eigenvalue weighted by atomic mass is 10.1. The van der Waals surface area contributed by atoms with Crippen molar-refractivity contribution in [2.45, 2.75) is 64.7 Å². The number of aryl methyl sites for hydroxylation is 1. The number of rotatable bonds is 7. The molecule has 0 bridgehead atoms. The fourth-order valence-corrected chi connectivity index (χ4v) is 5.31. The summed E-state index contributed by atoms with van der Waals surface area (Å²) in [5, 5.41) is 2.88. The maximum Gasteiger partial charge on any atom is 0.243 e. The summed E-state index contributed by atoms with van der Waals surface area (Å²) in [6.07, 6.45) is 0.147. The molecule has 1 N–H and O–H groups in total. The van der Waals surface area contributed by atoms with Gasteiger partial charge in [-0.3, -0.25) is 9.69 Å². The number of carbonyl (C=O) groups excluding carboxylic acids is 1. The van der Waals surface area contributed by atoms with Crippen molar-refractivity contribution in [3.05, 3.63) is 23.8 Å². The zero-order chi connectivity index (χ0) is 21.1. The maximum atomic E-state index is 12.9. The summed E-state index contributed by atoms with van der Waals surface area (Å²) < 4.78 is 32.9. The van der Waals surface area contributed by atoms with E-state index in [4.69, 9.17) is 4.74 Å². The van der Waals surface area contributed by atoms with Gasteiger partial charge in [0, 0.05) is 31.9 Å². The molecule has 1 aliphatic heterocycles. The van der Waals surface area contributed by atoms with Crippen molar-refractivity contribution in [3.8, 4) is 0 Å². The molecule has 1 amide bonds. The van der Waals surface area contributed by atoms with Crippen molar-refractivity contribution >= 4 is 21.6 Å². The van der Waals surface area contributed by atoms with E-state index in [9.17, 15) is 13.2 Å². The number of sulfonamides is 1. The van der Waals surface area contributed by atoms with Crippen LogP contribution in [0.4, 0.5) is 5.69 Å². The van der Waals surface area contributed by atoms with Crippen LogP contribution < -0.4 is 5.32 Å². The molecule has 158 valence electrons. The van der Waals surface area contributed by atoms with E-state index in [0.29, 0.717) is 37.4 Å². The van der Waals surface area contributed by atoms with Gasteiger partial charge in [0.2, 0.25) is 15.9 Å². The first-order chi connectivity index (χ1) is 13.1. The molecule has 0 spiro atoms. The molecule has 1 heterocycles. The Bertz CT molecular complexity index is 783. The smallest absolute Gasteiger partial charge is 0.243 e. The summed E-state index contributed by atoms with van der Waals surface area (Å²) in [4.78, 5) is 15.1. The molecular weight excluding hydrogens is 378 g/mol. The number of ether oxygens (including phenoxy) is 1. The number of nitrogens with zero attached hydrogens (tertiary/aromatic N) is 2. The van der Waals surface area contributed by atoms with Crippen LogP contribution in [0.5, 0.6) is 0 Å². The maximum absolute atomic E-state index is 12.9. The normalized spacial score (nSPS) is 22.2.